The van der Waals surface area contributed by atoms with Gasteiger partial charge in [0, 0.05) is 29.0 Å². The van der Waals surface area contributed by atoms with E-state index in [-0.39, 0.29) is 11.7 Å². The van der Waals surface area contributed by atoms with Crippen molar-refractivity contribution >= 4 is 22.2 Å². The average molecular weight is 394 g/mol. The molecule has 0 aliphatic carbocycles. The molecule has 0 aliphatic heterocycles. The first-order valence-corrected chi connectivity index (χ1v) is 9.79. The van der Waals surface area contributed by atoms with Gasteiger partial charge in [-0.25, -0.2) is 8.91 Å². The highest BCUT2D eigenvalue weighted by Gasteiger charge is 2.15. The van der Waals surface area contributed by atoms with Crippen molar-refractivity contribution in [3.05, 3.63) is 76.0 Å². The lowest BCUT2D eigenvalue weighted by Gasteiger charge is -2.07. The minimum absolute atomic E-state index is 0.0613. The second kappa shape index (κ2) is 7.52. The first-order chi connectivity index (χ1) is 13.5. The van der Waals surface area contributed by atoms with Crippen molar-refractivity contribution in [2.24, 2.45) is 0 Å². The van der Waals surface area contributed by atoms with Crippen LogP contribution in [-0.4, -0.2) is 27.0 Å². The maximum absolute atomic E-state index is 13.1. The van der Waals surface area contributed by atoms with E-state index in [1.165, 1.54) is 12.1 Å². The van der Waals surface area contributed by atoms with E-state index in [0.717, 1.165) is 26.7 Å². The van der Waals surface area contributed by atoms with Gasteiger partial charge in [0.25, 0.3) is 5.91 Å². The van der Waals surface area contributed by atoms with Crippen LogP contribution in [0.1, 0.15) is 26.5 Å². The van der Waals surface area contributed by atoms with Gasteiger partial charge in [-0.05, 0) is 49.7 Å². The Balaban J connectivity index is 1.45. The summed E-state index contributed by atoms with van der Waals surface area (Å²) in [4.78, 5) is 18.8. The number of fused-ring (bicyclic) bond motifs is 1. The molecule has 0 bridgehead atoms. The topological polar surface area (TPSA) is 59.3 Å². The van der Waals surface area contributed by atoms with Crippen LogP contribution >= 0.6 is 11.3 Å². The van der Waals surface area contributed by atoms with E-state index in [1.807, 2.05) is 42.6 Å². The minimum atomic E-state index is -0.281. The summed E-state index contributed by atoms with van der Waals surface area (Å²) in [5, 5.41) is 7.52. The number of amides is 1. The van der Waals surface area contributed by atoms with Crippen LogP contribution in [0.3, 0.4) is 0 Å². The molecule has 0 saturated heterocycles. The van der Waals surface area contributed by atoms with Crippen LogP contribution in [0, 0.1) is 19.7 Å². The molecule has 4 aromatic rings. The quantitative estimate of drug-likeness (QED) is 0.552. The molecule has 2 aromatic carbocycles. The second-order valence-corrected chi connectivity index (χ2v) is 7.63. The average Bonchev–Trinajstić information content (AvgIpc) is 3.22. The third-order valence-electron chi connectivity index (χ3n) is 4.64. The van der Waals surface area contributed by atoms with Gasteiger partial charge < -0.3 is 5.32 Å². The van der Waals surface area contributed by atoms with Crippen molar-refractivity contribution in [1.82, 2.24) is 19.9 Å². The number of nitrogens with one attached hydrogen (secondary N) is 1. The number of hydrogen-bond acceptors (Lipinski definition) is 4. The lowest BCUT2D eigenvalue weighted by atomic mass is 10.1. The first-order valence-electron chi connectivity index (χ1n) is 8.98. The Morgan fingerprint density at radius 2 is 1.89 bits per heavy atom. The molecule has 28 heavy (non-hydrogen) atoms. The van der Waals surface area contributed by atoms with Gasteiger partial charge in [-0.2, -0.15) is 4.98 Å². The summed E-state index contributed by atoms with van der Waals surface area (Å²) in [5.41, 5.74) is 3.45. The number of halogens is 1. The molecule has 2 aromatic heterocycles. The van der Waals surface area contributed by atoms with Crippen molar-refractivity contribution in [3.8, 4) is 11.4 Å². The summed E-state index contributed by atoms with van der Waals surface area (Å²) in [6.45, 7) is 4.46. The van der Waals surface area contributed by atoms with Crippen LogP contribution in [0.15, 0.2) is 48.5 Å². The molecule has 0 unspecified atom stereocenters. The second-order valence-electron chi connectivity index (χ2n) is 6.57. The fourth-order valence-electron chi connectivity index (χ4n) is 3.05. The van der Waals surface area contributed by atoms with Gasteiger partial charge in [-0.3, -0.25) is 4.79 Å². The number of thiazole rings is 1. The Morgan fingerprint density at radius 1 is 1.14 bits per heavy atom. The zero-order valence-corrected chi connectivity index (χ0v) is 16.4. The third-order valence-corrected chi connectivity index (χ3v) is 5.84. The minimum Gasteiger partial charge on any atom is -0.352 e. The highest BCUT2D eigenvalue weighted by atomic mass is 32.1. The van der Waals surface area contributed by atoms with Gasteiger partial charge in [0.1, 0.15) is 5.82 Å². The molecule has 2 heterocycles. The van der Waals surface area contributed by atoms with Gasteiger partial charge in [0.05, 0.1) is 5.69 Å². The monoisotopic (exact) mass is 394 g/mol. The highest BCUT2D eigenvalue weighted by molar-refractivity contribution is 7.17. The van der Waals surface area contributed by atoms with Gasteiger partial charge in [0.15, 0.2) is 5.82 Å². The van der Waals surface area contributed by atoms with Crippen LogP contribution in [-0.2, 0) is 6.42 Å². The summed E-state index contributed by atoms with van der Waals surface area (Å²) < 4.78 is 14.9. The molecule has 7 heteroatoms. The van der Waals surface area contributed by atoms with E-state index in [0.29, 0.717) is 24.4 Å². The lowest BCUT2D eigenvalue weighted by Crippen LogP contribution is -2.26. The number of hydrogen-bond donors (Lipinski definition) is 1. The number of carbonyl (C=O) groups excluding carboxylic acids is 1. The molecule has 0 atom stereocenters. The van der Waals surface area contributed by atoms with Crippen molar-refractivity contribution in [3.63, 3.8) is 0 Å². The number of benzene rings is 2. The summed E-state index contributed by atoms with van der Waals surface area (Å²) >= 11 is 1.56. The summed E-state index contributed by atoms with van der Waals surface area (Å²) in [6, 6.07) is 13.7. The molecule has 0 radical (unpaired) electrons. The maximum atomic E-state index is 13.1. The van der Waals surface area contributed by atoms with E-state index >= 15 is 0 Å². The Kier molecular flexibility index (Phi) is 4.92. The predicted molar refractivity (Wildman–Crippen MR) is 108 cm³/mol. The Hall–Kier alpha value is -3.06. The molecule has 0 fully saturated rings. The van der Waals surface area contributed by atoms with Crippen molar-refractivity contribution in [2.45, 2.75) is 20.3 Å². The van der Waals surface area contributed by atoms with E-state index < -0.39 is 0 Å². The molecule has 0 spiro atoms. The SMILES string of the molecule is Cc1ccccc1C(=O)NCCc1sc2nc(-c3ccc(F)cc3)nn2c1C. The van der Waals surface area contributed by atoms with Gasteiger partial charge in [-0.15, -0.1) is 5.10 Å². The fraction of sp³-hybridized carbons (Fsp3) is 0.190. The molecular formula is C21H19FN4OS. The Labute approximate surface area is 165 Å². The molecular weight excluding hydrogens is 375 g/mol. The molecule has 5 nitrogen and oxygen atoms in total. The smallest absolute Gasteiger partial charge is 0.251 e. The van der Waals surface area contributed by atoms with E-state index in [9.17, 15) is 9.18 Å². The molecule has 4 rings (SSSR count). The molecule has 0 saturated carbocycles. The number of aryl methyl sites for hydroxylation is 2. The standard InChI is InChI=1S/C21H19FN4OS/c1-13-5-3-4-6-17(13)20(27)23-12-11-18-14(2)26-21(28-18)24-19(25-26)15-7-9-16(22)10-8-15/h3-10H,11-12H2,1-2H3,(H,23,27). The summed E-state index contributed by atoms with van der Waals surface area (Å²) in [7, 11) is 0. The molecule has 1 amide bonds. The zero-order valence-electron chi connectivity index (χ0n) is 15.6. The zero-order chi connectivity index (χ0) is 19.7. The maximum Gasteiger partial charge on any atom is 0.251 e. The normalized spacial score (nSPS) is 11.1. The molecule has 142 valence electrons. The van der Waals surface area contributed by atoms with E-state index in [2.05, 4.69) is 15.4 Å². The number of nitrogens with zero attached hydrogens (tertiary/aromatic N) is 3. The van der Waals surface area contributed by atoms with Crippen LogP contribution in [0.25, 0.3) is 16.3 Å². The third kappa shape index (κ3) is 3.53. The number of carbonyl (C=O) groups is 1. The lowest BCUT2D eigenvalue weighted by molar-refractivity contribution is 0.0953. The summed E-state index contributed by atoms with van der Waals surface area (Å²) in [5.74, 6) is 0.235. The highest BCUT2D eigenvalue weighted by Crippen LogP contribution is 2.25. The van der Waals surface area contributed by atoms with Crippen LogP contribution < -0.4 is 5.32 Å². The van der Waals surface area contributed by atoms with Gasteiger partial charge >= 0.3 is 0 Å². The Bertz CT molecular complexity index is 1150. The van der Waals surface area contributed by atoms with E-state index in [4.69, 9.17) is 0 Å². The van der Waals surface area contributed by atoms with Crippen molar-refractivity contribution in [1.29, 1.82) is 0 Å². The predicted octanol–water partition coefficient (Wildman–Crippen LogP) is 4.19. The molecule has 0 aliphatic rings. The Morgan fingerprint density at radius 3 is 2.61 bits per heavy atom. The number of rotatable bonds is 5. The molecule has 1 N–H and O–H groups in total. The van der Waals surface area contributed by atoms with Crippen LogP contribution in [0.5, 0.6) is 0 Å². The largest absolute Gasteiger partial charge is 0.352 e. The fourth-order valence-corrected chi connectivity index (χ4v) is 4.11. The van der Waals surface area contributed by atoms with Gasteiger partial charge in [0.2, 0.25) is 4.96 Å². The van der Waals surface area contributed by atoms with Crippen LogP contribution in [0.2, 0.25) is 0 Å². The van der Waals surface area contributed by atoms with Crippen molar-refractivity contribution < 1.29 is 9.18 Å². The van der Waals surface area contributed by atoms with Crippen molar-refractivity contribution in [2.75, 3.05) is 6.54 Å². The summed E-state index contributed by atoms with van der Waals surface area (Å²) in [6.07, 6.45) is 0.713. The first kappa shape index (κ1) is 18.3. The van der Waals surface area contributed by atoms with Gasteiger partial charge in [-0.1, -0.05) is 29.5 Å². The van der Waals surface area contributed by atoms with Crippen LogP contribution in [0.4, 0.5) is 4.39 Å². The van der Waals surface area contributed by atoms with E-state index in [1.54, 1.807) is 23.5 Å². The number of aromatic nitrogens is 3.